The van der Waals surface area contributed by atoms with E-state index in [1.165, 1.54) is 0 Å². The number of rotatable bonds is 4. The lowest BCUT2D eigenvalue weighted by molar-refractivity contribution is 0.158. The molecule has 0 aliphatic rings. The molecule has 0 atom stereocenters. The number of methoxy groups -OCH3 is 2. The van der Waals surface area contributed by atoms with Gasteiger partial charge < -0.3 is 9.47 Å². The van der Waals surface area contributed by atoms with Crippen molar-refractivity contribution < 1.29 is 9.47 Å². The SMILES string of the molecule is COCC(OC)=C(S)CS. The van der Waals surface area contributed by atoms with Crippen molar-refractivity contribution in [1.29, 1.82) is 0 Å². The normalized spacial score (nSPS) is 12.8. The number of ether oxygens (including phenoxy) is 2. The highest BCUT2D eigenvalue weighted by molar-refractivity contribution is 7.87. The Balaban J connectivity index is 4.00. The fourth-order valence-electron chi connectivity index (χ4n) is 0.479. The molecule has 0 radical (unpaired) electrons. The first kappa shape index (κ1) is 10.2. The summed E-state index contributed by atoms with van der Waals surface area (Å²) in [5.74, 6) is 1.32. The van der Waals surface area contributed by atoms with Crippen LogP contribution >= 0.6 is 25.3 Å². The van der Waals surface area contributed by atoms with Crippen molar-refractivity contribution in [3.63, 3.8) is 0 Å². The van der Waals surface area contributed by atoms with E-state index < -0.39 is 0 Å². The van der Waals surface area contributed by atoms with E-state index in [2.05, 4.69) is 25.3 Å². The van der Waals surface area contributed by atoms with Crippen molar-refractivity contribution in [3.05, 3.63) is 10.7 Å². The van der Waals surface area contributed by atoms with Crippen LogP contribution < -0.4 is 0 Å². The molecule has 0 spiro atoms. The molecule has 0 rings (SSSR count). The summed E-state index contributed by atoms with van der Waals surface area (Å²) in [6, 6.07) is 0. The summed E-state index contributed by atoms with van der Waals surface area (Å²) in [7, 11) is 3.20. The predicted molar refractivity (Wildman–Crippen MR) is 48.8 cm³/mol. The molecule has 0 bridgehead atoms. The second kappa shape index (κ2) is 5.95. The van der Waals surface area contributed by atoms with Crippen LogP contribution in [0.3, 0.4) is 0 Å². The molecule has 4 heteroatoms. The van der Waals surface area contributed by atoms with E-state index in [0.29, 0.717) is 12.4 Å². The van der Waals surface area contributed by atoms with Gasteiger partial charge in [0, 0.05) is 17.8 Å². The second-order valence-corrected chi connectivity index (χ2v) is 2.52. The first-order chi connectivity index (χ1) is 4.76. The maximum absolute atomic E-state index is 4.97. The van der Waals surface area contributed by atoms with Crippen molar-refractivity contribution >= 4 is 25.3 Å². The van der Waals surface area contributed by atoms with E-state index in [1.807, 2.05) is 0 Å². The van der Waals surface area contributed by atoms with Gasteiger partial charge in [-0.25, -0.2) is 0 Å². The zero-order chi connectivity index (χ0) is 7.98. The minimum atomic E-state index is 0.454. The highest BCUT2D eigenvalue weighted by atomic mass is 32.1. The van der Waals surface area contributed by atoms with Crippen LogP contribution in [0, 0.1) is 0 Å². The van der Waals surface area contributed by atoms with Crippen molar-refractivity contribution in [3.8, 4) is 0 Å². The van der Waals surface area contributed by atoms with Crippen LogP contribution in [0.25, 0.3) is 0 Å². The van der Waals surface area contributed by atoms with Crippen molar-refractivity contribution in [2.45, 2.75) is 0 Å². The van der Waals surface area contributed by atoms with Gasteiger partial charge in [0.2, 0.25) is 0 Å². The molecule has 0 aliphatic heterocycles. The first-order valence-corrected chi connectivity index (χ1v) is 3.89. The molecule has 2 nitrogen and oxygen atoms in total. The lowest BCUT2D eigenvalue weighted by Gasteiger charge is -2.06. The summed E-state index contributed by atoms with van der Waals surface area (Å²) in [6.07, 6.45) is 0. The van der Waals surface area contributed by atoms with Gasteiger partial charge in [0.15, 0.2) is 0 Å². The third-order valence-corrected chi connectivity index (χ3v) is 1.97. The predicted octanol–water partition coefficient (Wildman–Crippen LogP) is 1.35. The number of hydrogen-bond acceptors (Lipinski definition) is 4. The minimum Gasteiger partial charge on any atom is -0.498 e. The standard InChI is InChI=1S/C6H12O2S2/c1-7-3-5(8-2)6(10)4-9/h9-10H,3-4H2,1-2H3. The molecule has 0 unspecified atom stereocenters. The molecule has 0 N–H and O–H groups in total. The van der Waals surface area contributed by atoms with Gasteiger partial charge in [-0.2, -0.15) is 12.6 Å². The molecule has 0 aromatic carbocycles. The van der Waals surface area contributed by atoms with E-state index in [0.717, 1.165) is 10.7 Å². The summed E-state index contributed by atoms with van der Waals surface area (Å²) in [5.41, 5.74) is 0. The summed E-state index contributed by atoms with van der Waals surface area (Å²) < 4.78 is 9.82. The molecular weight excluding hydrogens is 168 g/mol. The van der Waals surface area contributed by atoms with Gasteiger partial charge in [0.1, 0.15) is 12.4 Å². The van der Waals surface area contributed by atoms with Crippen LogP contribution in [-0.4, -0.2) is 26.6 Å². The van der Waals surface area contributed by atoms with Crippen LogP contribution in [-0.2, 0) is 9.47 Å². The van der Waals surface area contributed by atoms with E-state index in [9.17, 15) is 0 Å². The van der Waals surface area contributed by atoms with Gasteiger partial charge in [-0.05, 0) is 0 Å². The molecule has 0 aliphatic carbocycles. The molecule has 60 valence electrons. The van der Waals surface area contributed by atoms with Crippen molar-refractivity contribution in [2.75, 3.05) is 26.6 Å². The van der Waals surface area contributed by atoms with Gasteiger partial charge in [-0.1, -0.05) is 0 Å². The Kier molecular flexibility index (Phi) is 6.06. The fraction of sp³-hybridized carbons (Fsp3) is 0.667. The summed E-state index contributed by atoms with van der Waals surface area (Å²) >= 11 is 8.17. The van der Waals surface area contributed by atoms with Gasteiger partial charge in [0.25, 0.3) is 0 Å². The first-order valence-electron chi connectivity index (χ1n) is 2.81. The van der Waals surface area contributed by atoms with E-state index in [4.69, 9.17) is 9.47 Å². The number of hydrogen-bond donors (Lipinski definition) is 2. The fourth-order valence-corrected chi connectivity index (χ4v) is 0.812. The Labute approximate surface area is 72.4 Å². The number of thiol groups is 2. The third kappa shape index (κ3) is 3.39. The molecule has 0 saturated heterocycles. The largest absolute Gasteiger partial charge is 0.498 e. The average molecular weight is 180 g/mol. The van der Waals surface area contributed by atoms with Gasteiger partial charge in [-0.3, -0.25) is 0 Å². The Morgan fingerprint density at radius 2 is 2.00 bits per heavy atom. The van der Waals surface area contributed by atoms with Crippen molar-refractivity contribution in [2.24, 2.45) is 0 Å². The van der Waals surface area contributed by atoms with Gasteiger partial charge in [0.05, 0.1) is 7.11 Å². The van der Waals surface area contributed by atoms with Crippen LogP contribution in [0.15, 0.2) is 10.7 Å². The Morgan fingerprint density at radius 3 is 2.30 bits per heavy atom. The smallest absolute Gasteiger partial charge is 0.131 e. The zero-order valence-corrected chi connectivity index (χ0v) is 7.91. The van der Waals surface area contributed by atoms with Crippen LogP contribution in [0.4, 0.5) is 0 Å². The summed E-state index contributed by atoms with van der Waals surface area (Å²) in [4.78, 5) is 0.813. The van der Waals surface area contributed by atoms with Gasteiger partial charge >= 0.3 is 0 Å². The quantitative estimate of drug-likeness (QED) is 0.502. The summed E-state index contributed by atoms with van der Waals surface area (Å²) in [6.45, 7) is 0.454. The maximum atomic E-state index is 4.97. The molecule has 0 aromatic heterocycles. The molecule has 0 amide bonds. The van der Waals surface area contributed by atoms with Gasteiger partial charge in [-0.15, -0.1) is 12.6 Å². The topological polar surface area (TPSA) is 18.5 Å². The third-order valence-electron chi connectivity index (χ3n) is 0.993. The highest BCUT2D eigenvalue weighted by Gasteiger charge is 1.99. The summed E-state index contributed by atoms with van der Waals surface area (Å²) in [5, 5.41) is 0. The lowest BCUT2D eigenvalue weighted by Crippen LogP contribution is -1.99. The second-order valence-electron chi connectivity index (χ2n) is 1.67. The van der Waals surface area contributed by atoms with Crippen LogP contribution in [0.5, 0.6) is 0 Å². The monoisotopic (exact) mass is 180 g/mol. The average Bonchev–Trinajstić information content (AvgIpc) is 1.99. The molecule has 0 heterocycles. The molecule has 0 saturated carbocycles. The van der Waals surface area contributed by atoms with Crippen molar-refractivity contribution in [1.82, 2.24) is 0 Å². The van der Waals surface area contributed by atoms with Crippen LogP contribution in [0.1, 0.15) is 0 Å². The molecular formula is C6H12O2S2. The highest BCUT2D eigenvalue weighted by Crippen LogP contribution is 2.10. The maximum Gasteiger partial charge on any atom is 0.131 e. The van der Waals surface area contributed by atoms with E-state index in [-0.39, 0.29) is 0 Å². The Hall–Kier alpha value is 0.200. The lowest BCUT2D eigenvalue weighted by atomic mass is 10.5. The minimum absolute atomic E-state index is 0.454. The molecule has 10 heavy (non-hydrogen) atoms. The molecule has 0 fully saturated rings. The van der Waals surface area contributed by atoms with Crippen LogP contribution in [0.2, 0.25) is 0 Å². The van der Waals surface area contributed by atoms with E-state index >= 15 is 0 Å². The zero-order valence-electron chi connectivity index (χ0n) is 6.13. The molecule has 0 aromatic rings. The Bertz CT molecular complexity index is 123. The van der Waals surface area contributed by atoms with E-state index in [1.54, 1.807) is 14.2 Å². The Morgan fingerprint density at radius 1 is 1.40 bits per heavy atom.